The molecular weight excluding hydrogens is 394 g/mol. The maximum absolute atomic E-state index is 12.4. The molecule has 0 unspecified atom stereocenters. The van der Waals surface area contributed by atoms with E-state index in [1.165, 1.54) is 6.07 Å². The number of benzene rings is 2. The summed E-state index contributed by atoms with van der Waals surface area (Å²) in [6.45, 7) is 4.56. The fourth-order valence-electron chi connectivity index (χ4n) is 3.72. The van der Waals surface area contributed by atoms with Crippen LogP contribution in [-0.2, 0) is 9.59 Å². The maximum Gasteiger partial charge on any atom is 0.250 e. The van der Waals surface area contributed by atoms with E-state index in [1.54, 1.807) is 11.8 Å². The summed E-state index contributed by atoms with van der Waals surface area (Å²) in [4.78, 5) is 42.3. The molecule has 1 aliphatic rings. The predicted molar refractivity (Wildman–Crippen MR) is 122 cm³/mol. The van der Waals surface area contributed by atoms with E-state index in [1.807, 2.05) is 53.4 Å². The van der Waals surface area contributed by atoms with Crippen LogP contribution >= 0.6 is 0 Å². The summed E-state index contributed by atoms with van der Waals surface area (Å²) in [5, 5.41) is 7.10. The molecular formula is C23H25N5O3. The van der Waals surface area contributed by atoms with Crippen molar-refractivity contribution in [2.45, 2.75) is 6.92 Å². The molecule has 2 heterocycles. The van der Waals surface area contributed by atoms with Crippen LogP contribution in [0.2, 0.25) is 0 Å². The minimum absolute atomic E-state index is 0.0749. The zero-order valence-corrected chi connectivity index (χ0v) is 17.4. The molecule has 4 rings (SSSR count). The molecule has 160 valence electrons. The minimum Gasteiger partial charge on any atom is -0.355 e. The number of carbonyl (C=O) groups is 2. The zero-order chi connectivity index (χ0) is 21.8. The van der Waals surface area contributed by atoms with Crippen molar-refractivity contribution < 1.29 is 9.59 Å². The second-order valence-electron chi connectivity index (χ2n) is 7.63. The summed E-state index contributed by atoms with van der Waals surface area (Å²) in [7, 11) is 0. The third-order valence-electron chi connectivity index (χ3n) is 5.38. The molecule has 0 bridgehead atoms. The summed E-state index contributed by atoms with van der Waals surface area (Å²) in [5.41, 5.74) is 2.84. The standard InChI is InChI=1S/C23H25N5O3/c1-16(29)28-12-10-27(11-13-28)15-23(31)25-18-8-6-17(7-9-18)24-21-14-22(30)26-20-5-3-2-4-19(20)21/h2-9,14H,10-13,15H2,1H3,(H,25,31)(H2,24,26,30). The van der Waals surface area contributed by atoms with E-state index in [0.29, 0.717) is 38.4 Å². The lowest BCUT2D eigenvalue weighted by molar-refractivity contribution is -0.130. The molecule has 3 aromatic rings. The molecule has 31 heavy (non-hydrogen) atoms. The first-order valence-corrected chi connectivity index (χ1v) is 10.2. The number of anilines is 3. The Morgan fingerprint density at radius 3 is 2.35 bits per heavy atom. The van der Waals surface area contributed by atoms with Crippen molar-refractivity contribution in [1.29, 1.82) is 0 Å². The van der Waals surface area contributed by atoms with Gasteiger partial charge in [-0.1, -0.05) is 18.2 Å². The number of amides is 2. The lowest BCUT2D eigenvalue weighted by atomic mass is 10.1. The number of nitrogens with one attached hydrogen (secondary N) is 3. The van der Waals surface area contributed by atoms with Gasteiger partial charge in [-0.2, -0.15) is 0 Å². The van der Waals surface area contributed by atoms with E-state index < -0.39 is 0 Å². The Bertz CT molecular complexity index is 1150. The molecule has 2 aromatic carbocycles. The molecule has 1 fully saturated rings. The molecule has 1 aromatic heterocycles. The summed E-state index contributed by atoms with van der Waals surface area (Å²) < 4.78 is 0. The van der Waals surface area contributed by atoms with E-state index in [0.717, 1.165) is 22.3 Å². The third kappa shape index (κ3) is 5.10. The molecule has 2 amide bonds. The van der Waals surface area contributed by atoms with Crippen LogP contribution in [0.15, 0.2) is 59.4 Å². The number of carbonyl (C=O) groups excluding carboxylic acids is 2. The highest BCUT2D eigenvalue weighted by Crippen LogP contribution is 2.24. The first-order chi connectivity index (χ1) is 15.0. The highest BCUT2D eigenvalue weighted by Gasteiger charge is 2.20. The summed E-state index contributed by atoms with van der Waals surface area (Å²) in [6, 6.07) is 16.5. The number of fused-ring (bicyclic) bond motifs is 1. The van der Waals surface area contributed by atoms with Crippen molar-refractivity contribution in [3.8, 4) is 0 Å². The van der Waals surface area contributed by atoms with Gasteiger partial charge in [0, 0.05) is 55.9 Å². The number of rotatable bonds is 5. The molecule has 0 spiro atoms. The fraction of sp³-hybridized carbons (Fsp3) is 0.261. The number of nitrogens with zero attached hydrogens (tertiary/aromatic N) is 2. The van der Waals surface area contributed by atoms with Gasteiger partial charge in [0.05, 0.1) is 17.7 Å². The molecule has 0 atom stereocenters. The molecule has 8 heteroatoms. The average molecular weight is 419 g/mol. The Labute approximate surface area is 179 Å². The quantitative estimate of drug-likeness (QED) is 0.590. The van der Waals surface area contributed by atoms with Gasteiger partial charge in [0.2, 0.25) is 17.4 Å². The van der Waals surface area contributed by atoms with Crippen molar-refractivity contribution in [3.63, 3.8) is 0 Å². The second-order valence-corrected chi connectivity index (χ2v) is 7.63. The van der Waals surface area contributed by atoms with Gasteiger partial charge in [-0.05, 0) is 30.3 Å². The first kappa shape index (κ1) is 20.6. The molecule has 1 saturated heterocycles. The predicted octanol–water partition coefficient (Wildman–Crippen LogP) is 2.37. The Morgan fingerprint density at radius 1 is 0.968 bits per heavy atom. The molecule has 0 saturated carbocycles. The smallest absolute Gasteiger partial charge is 0.250 e. The number of H-pyrrole nitrogens is 1. The van der Waals surface area contributed by atoms with Crippen LogP contribution in [0.3, 0.4) is 0 Å². The Balaban J connectivity index is 1.35. The summed E-state index contributed by atoms with van der Waals surface area (Å²) >= 11 is 0. The summed E-state index contributed by atoms with van der Waals surface area (Å²) in [6.07, 6.45) is 0. The number of aromatic nitrogens is 1. The van der Waals surface area contributed by atoms with E-state index in [2.05, 4.69) is 15.6 Å². The molecule has 8 nitrogen and oxygen atoms in total. The van der Waals surface area contributed by atoms with E-state index in [-0.39, 0.29) is 17.4 Å². The zero-order valence-electron chi connectivity index (χ0n) is 17.4. The number of para-hydroxylation sites is 1. The van der Waals surface area contributed by atoms with Crippen molar-refractivity contribution in [3.05, 3.63) is 65.0 Å². The van der Waals surface area contributed by atoms with Gasteiger partial charge in [0.15, 0.2) is 0 Å². The fourth-order valence-corrected chi connectivity index (χ4v) is 3.72. The maximum atomic E-state index is 12.4. The Hall–Kier alpha value is -3.65. The van der Waals surface area contributed by atoms with Crippen LogP contribution in [0.5, 0.6) is 0 Å². The van der Waals surface area contributed by atoms with Crippen LogP contribution < -0.4 is 16.2 Å². The van der Waals surface area contributed by atoms with Gasteiger partial charge in [-0.15, -0.1) is 0 Å². The monoisotopic (exact) mass is 419 g/mol. The molecule has 3 N–H and O–H groups in total. The van der Waals surface area contributed by atoms with Gasteiger partial charge in [0.1, 0.15) is 0 Å². The lowest BCUT2D eigenvalue weighted by Gasteiger charge is -2.33. The normalized spacial score (nSPS) is 14.4. The van der Waals surface area contributed by atoms with Gasteiger partial charge < -0.3 is 20.5 Å². The molecule has 0 radical (unpaired) electrons. The van der Waals surface area contributed by atoms with Gasteiger partial charge in [0.25, 0.3) is 0 Å². The highest BCUT2D eigenvalue weighted by molar-refractivity contribution is 5.94. The van der Waals surface area contributed by atoms with Gasteiger partial charge in [-0.25, -0.2) is 0 Å². The largest absolute Gasteiger partial charge is 0.355 e. The van der Waals surface area contributed by atoms with Crippen molar-refractivity contribution >= 4 is 39.8 Å². The average Bonchev–Trinajstić information content (AvgIpc) is 2.75. The Morgan fingerprint density at radius 2 is 1.65 bits per heavy atom. The highest BCUT2D eigenvalue weighted by atomic mass is 16.2. The number of hydrogen-bond acceptors (Lipinski definition) is 5. The van der Waals surface area contributed by atoms with Gasteiger partial charge in [-0.3, -0.25) is 19.3 Å². The van der Waals surface area contributed by atoms with Crippen LogP contribution in [-0.4, -0.2) is 59.3 Å². The SMILES string of the molecule is CC(=O)N1CCN(CC(=O)Nc2ccc(Nc3cc(=O)[nH]c4ccccc34)cc2)CC1. The minimum atomic E-state index is -0.172. The molecule has 1 aliphatic heterocycles. The van der Waals surface area contributed by atoms with Crippen LogP contribution in [0, 0.1) is 0 Å². The molecule has 0 aliphatic carbocycles. The lowest BCUT2D eigenvalue weighted by Crippen LogP contribution is -2.49. The summed E-state index contributed by atoms with van der Waals surface area (Å²) in [5.74, 6) is -0.0107. The topological polar surface area (TPSA) is 97.5 Å². The van der Waals surface area contributed by atoms with Crippen molar-refractivity contribution in [2.75, 3.05) is 43.4 Å². The van der Waals surface area contributed by atoms with E-state index in [4.69, 9.17) is 0 Å². The Kier molecular flexibility index (Phi) is 5.99. The third-order valence-corrected chi connectivity index (χ3v) is 5.38. The van der Waals surface area contributed by atoms with E-state index >= 15 is 0 Å². The number of aromatic amines is 1. The van der Waals surface area contributed by atoms with E-state index in [9.17, 15) is 14.4 Å². The number of hydrogen-bond donors (Lipinski definition) is 3. The van der Waals surface area contributed by atoms with Crippen LogP contribution in [0.25, 0.3) is 10.9 Å². The van der Waals surface area contributed by atoms with Gasteiger partial charge >= 0.3 is 0 Å². The van der Waals surface area contributed by atoms with Crippen LogP contribution in [0.1, 0.15) is 6.92 Å². The number of pyridine rings is 1. The van der Waals surface area contributed by atoms with Crippen LogP contribution in [0.4, 0.5) is 17.1 Å². The van der Waals surface area contributed by atoms with Crippen molar-refractivity contribution in [1.82, 2.24) is 14.8 Å². The number of piperazine rings is 1. The second kappa shape index (κ2) is 9.01. The first-order valence-electron chi connectivity index (χ1n) is 10.2. The van der Waals surface area contributed by atoms with Crippen molar-refractivity contribution in [2.24, 2.45) is 0 Å².